The summed E-state index contributed by atoms with van der Waals surface area (Å²) in [6, 6.07) is 5.02. The number of rotatable bonds is 1. The van der Waals surface area contributed by atoms with Crippen LogP contribution >= 0.6 is 58.2 Å². The van der Waals surface area contributed by atoms with Gasteiger partial charge in [-0.05, 0) is 18.2 Å². The molecule has 0 saturated heterocycles. The molecule has 0 saturated carbocycles. The van der Waals surface area contributed by atoms with Gasteiger partial charge in [0.05, 0.1) is 5.02 Å². The molecule has 0 aliphatic rings. The molecule has 1 aromatic rings. The highest BCUT2D eigenvalue weighted by atomic mass is 35.6. The van der Waals surface area contributed by atoms with Gasteiger partial charge in [-0.25, -0.2) is 0 Å². The van der Waals surface area contributed by atoms with Crippen molar-refractivity contribution in [3.63, 3.8) is 0 Å². The first-order valence-corrected chi connectivity index (χ1v) is 5.52. The second kappa shape index (κ2) is 4.37. The summed E-state index contributed by atoms with van der Waals surface area (Å²) >= 11 is 23.7. The monoisotopic (exact) mass is 275 g/mol. The van der Waals surface area contributed by atoms with E-state index in [-0.39, 0.29) is 0 Å². The standard InChI is InChI=1S/C7H5Cl4NS/c8-5-3-4(12)1-2-6(5)13-7(9,10)11/h1-3H,12H2. The van der Waals surface area contributed by atoms with E-state index in [0.717, 1.165) is 11.8 Å². The lowest BCUT2D eigenvalue weighted by atomic mass is 10.3. The van der Waals surface area contributed by atoms with Crippen molar-refractivity contribution in [1.82, 2.24) is 0 Å². The molecule has 0 atom stereocenters. The smallest absolute Gasteiger partial charge is 0.241 e. The Kier molecular flexibility index (Phi) is 3.90. The van der Waals surface area contributed by atoms with E-state index in [4.69, 9.17) is 52.1 Å². The Bertz CT molecular complexity index is 310. The Labute approximate surface area is 100 Å². The van der Waals surface area contributed by atoms with Crippen LogP contribution in [0.25, 0.3) is 0 Å². The lowest BCUT2D eigenvalue weighted by molar-refractivity contribution is 1.45. The van der Waals surface area contributed by atoms with E-state index in [1.54, 1.807) is 18.2 Å². The van der Waals surface area contributed by atoms with Gasteiger partial charge in [-0.15, -0.1) is 0 Å². The van der Waals surface area contributed by atoms with Gasteiger partial charge in [0, 0.05) is 10.6 Å². The number of alkyl halides is 3. The lowest BCUT2D eigenvalue weighted by Crippen LogP contribution is -1.94. The maximum Gasteiger partial charge on any atom is 0.241 e. The highest BCUT2D eigenvalue weighted by Crippen LogP contribution is 2.45. The quantitative estimate of drug-likeness (QED) is 0.469. The molecular weight excluding hydrogens is 272 g/mol. The van der Waals surface area contributed by atoms with Crippen LogP contribution in [0.3, 0.4) is 0 Å². The molecule has 0 bridgehead atoms. The number of anilines is 1. The minimum Gasteiger partial charge on any atom is -0.399 e. The predicted molar refractivity (Wildman–Crippen MR) is 62.0 cm³/mol. The first-order chi connectivity index (χ1) is 5.88. The largest absolute Gasteiger partial charge is 0.399 e. The summed E-state index contributed by atoms with van der Waals surface area (Å²) in [5, 5.41) is 0.483. The van der Waals surface area contributed by atoms with E-state index in [9.17, 15) is 0 Å². The van der Waals surface area contributed by atoms with Crippen LogP contribution in [0.1, 0.15) is 0 Å². The van der Waals surface area contributed by atoms with E-state index < -0.39 is 3.12 Å². The highest BCUT2D eigenvalue weighted by Gasteiger charge is 2.22. The SMILES string of the molecule is Nc1ccc(SC(Cl)(Cl)Cl)c(Cl)c1. The molecule has 0 amide bonds. The summed E-state index contributed by atoms with van der Waals surface area (Å²) in [4.78, 5) is 0.691. The van der Waals surface area contributed by atoms with Crippen LogP contribution in [0.4, 0.5) is 5.69 Å². The van der Waals surface area contributed by atoms with Gasteiger partial charge >= 0.3 is 0 Å². The topological polar surface area (TPSA) is 26.0 Å². The summed E-state index contributed by atoms with van der Waals surface area (Å²) in [5.74, 6) is 0. The number of benzene rings is 1. The second-order valence-electron chi connectivity index (χ2n) is 2.24. The van der Waals surface area contributed by atoms with Crippen LogP contribution in [-0.2, 0) is 0 Å². The van der Waals surface area contributed by atoms with Gasteiger partial charge in [0.15, 0.2) is 0 Å². The number of nitrogens with two attached hydrogens (primary N) is 1. The fraction of sp³-hybridized carbons (Fsp3) is 0.143. The molecule has 0 aliphatic heterocycles. The van der Waals surface area contributed by atoms with Crippen molar-refractivity contribution < 1.29 is 0 Å². The third kappa shape index (κ3) is 4.05. The Balaban J connectivity index is 2.90. The van der Waals surface area contributed by atoms with Crippen molar-refractivity contribution in [2.45, 2.75) is 8.02 Å². The molecule has 0 spiro atoms. The Morgan fingerprint density at radius 2 is 1.85 bits per heavy atom. The molecule has 13 heavy (non-hydrogen) atoms. The first kappa shape index (κ1) is 11.6. The molecule has 1 rings (SSSR count). The van der Waals surface area contributed by atoms with Gasteiger partial charge in [0.2, 0.25) is 3.12 Å². The molecule has 2 N–H and O–H groups in total. The van der Waals surface area contributed by atoms with E-state index in [1.807, 2.05) is 0 Å². The predicted octanol–water partition coefficient (Wildman–Crippen LogP) is 4.34. The van der Waals surface area contributed by atoms with Crippen molar-refractivity contribution in [3.8, 4) is 0 Å². The van der Waals surface area contributed by atoms with Gasteiger partial charge in [-0.2, -0.15) is 0 Å². The van der Waals surface area contributed by atoms with Crippen molar-refractivity contribution in [1.29, 1.82) is 0 Å². The second-order valence-corrected chi connectivity index (χ2v) is 6.85. The van der Waals surface area contributed by atoms with Crippen LogP contribution in [0.5, 0.6) is 0 Å². The first-order valence-electron chi connectivity index (χ1n) is 3.19. The summed E-state index contributed by atoms with van der Waals surface area (Å²) in [7, 11) is 0. The Hall–Kier alpha value is 0.530. The van der Waals surface area contributed by atoms with Gasteiger partial charge in [-0.3, -0.25) is 0 Å². The average Bonchev–Trinajstić information content (AvgIpc) is 1.93. The molecule has 72 valence electrons. The van der Waals surface area contributed by atoms with E-state index >= 15 is 0 Å². The van der Waals surface area contributed by atoms with Crippen LogP contribution in [-0.4, -0.2) is 3.12 Å². The van der Waals surface area contributed by atoms with Crippen molar-refractivity contribution in [3.05, 3.63) is 23.2 Å². The molecule has 1 nitrogen and oxygen atoms in total. The molecule has 6 heteroatoms. The summed E-state index contributed by atoms with van der Waals surface area (Å²) in [5.41, 5.74) is 6.08. The third-order valence-corrected chi connectivity index (χ3v) is 3.11. The zero-order chi connectivity index (χ0) is 10.1. The molecule has 0 aliphatic carbocycles. The van der Waals surface area contributed by atoms with Crippen molar-refractivity contribution in [2.24, 2.45) is 0 Å². The molecule has 0 fully saturated rings. The van der Waals surface area contributed by atoms with Crippen LogP contribution in [0.2, 0.25) is 5.02 Å². The number of thioether (sulfide) groups is 1. The molecular formula is C7H5Cl4NS. The van der Waals surface area contributed by atoms with E-state index in [0.29, 0.717) is 15.6 Å². The number of hydrogen-bond acceptors (Lipinski definition) is 2. The Morgan fingerprint density at radius 3 is 2.31 bits per heavy atom. The Morgan fingerprint density at radius 1 is 1.23 bits per heavy atom. The van der Waals surface area contributed by atoms with Crippen LogP contribution < -0.4 is 5.73 Å². The van der Waals surface area contributed by atoms with Gasteiger partial charge in [0.25, 0.3) is 0 Å². The zero-order valence-electron chi connectivity index (χ0n) is 6.23. The lowest BCUT2D eigenvalue weighted by Gasteiger charge is -2.11. The molecule has 0 heterocycles. The molecule has 0 radical (unpaired) electrons. The van der Waals surface area contributed by atoms with Crippen LogP contribution in [0.15, 0.2) is 23.1 Å². The van der Waals surface area contributed by atoms with Gasteiger partial charge in [0.1, 0.15) is 0 Å². The minimum atomic E-state index is -1.40. The summed E-state index contributed by atoms with van der Waals surface area (Å²) < 4.78 is -1.40. The highest BCUT2D eigenvalue weighted by molar-refractivity contribution is 8.04. The summed E-state index contributed by atoms with van der Waals surface area (Å²) in [6.45, 7) is 0. The fourth-order valence-corrected chi connectivity index (χ4v) is 2.32. The van der Waals surface area contributed by atoms with Gasteiger partial charge in [-0.1, -0.05) is 58.2 Å². The normalized spacial score (nSPS) is 11.7. The number of nitrogen functional groups attached to an aromatic ring is 1. The molecule has 0 unspecified atom stereocenters. The number of halogens is 4. The zero-order valence-corrected chi connectivity index (χ0v) is 10.1. The van der Waals surface area contributed by atoms with Gasteiger partial charge < -0.3 is 5.73 Å². The third-order valence-electron chi connectivity index (χ3n) is 1.18. The maximum absolute atomic E-state index is 5.86. The fourth-order valence-electron chi connectivity index (χ4n) is 0.725. The molecule has 1 aromatic carbocycles. The number of hydrogen-bond donors (Lipinski definition) is 1. The average molecular weight is 277 g/mol. The maximum atomic E-state index is 5.86. The summed E-state index contributed by atoms with van der Waals surface area (Å²) in [6.07, 6.45) is 0. The van der Waals surface area contributed by atoms with Crippen molar-refractivity contribution >= 4 is 63.9 Å². The van der Waals surface area contributed by atoms with E-state index in [1.165, 1.54) is 0 Å². The van der Waals surface area contributed by atoms with E-state index in [2.05, 4.69) is 0 Å². The van der Waals surface area contributed by atoms with Crippen molar-refractivity contribution in [2.75, 3.05) is 5.73 Å². The minimum absolute atomic E-state index is 0.483. The molecule has 0 aromatic heterocycles. The van der Waals surface area contributed by atoms with Crippen LogP contribution in [0, 0.1) is 0 Å².